The van der Waals surface area contributed by atoms with Crippen LogP contribution in [0.15, 0.2) is 36.7 Å². The van der Waals surface area contributed by atoms with Crippen LogP contribution in [0.3, 0.4) is 0 Å². The lowest BCUT2D eigenvalue weighted by Crippen LogP contribution is -2.41. The van der Waals surface area contributed by atoms with Crippen molar-refractivity contribution in [1.82, 2.24) is 20.2 Å². The lowest BCUT2D eigenvalue weighted by atomic mass is 10.0. The Morgan fingerprint density at radius 3 is 2.44 bits per heavy atom. The van der Waals surface area contributed by atoms with Crippen molar-refractivity contribution in [2.75, 3.05) is 44.7 Å². The summed E-state index contributed by atoms with van der Waals surface area (Å²) in [6.45, 7) is 9.09. The van der Waals surface area contributed by atoms with E-state index in [0.29, 0.717) is 24.0 Å². The van der Waals surface area contributed by atoms with Crippen LogP contribution in [-0.2, 0) is 4.74 Å². The summed E-state index contributed by atoms with van der Waals surface area (Å²) in [5.41, 5.74) is 2.66. The smallest absolute Gasteiger partial charge is 0.254 e. The summed E-state index contributed by atoms with van der Waals surface area (Å²) in [5.74, 6) is 0.810. The van der Waals surface area contributed by atoms with Crippen LogP contribution in [0.25, 0.3) is 0 Å². The fraction of sp³-hybridized carbons (Fsp3) is 0.450. The molecule has 27 heavy (non-hydrogen) atoms. The molecule has 0 radical (unpaired) electrons. The van der Waals surface area contributed by atoms with Crippen molar-refractivity contribution < 1.29 is 9.53 Å². The van der Waals surface area contributed by atoms with Gasteiger partial charge in [-0.3, -0.25) is 9.69 Å². The zero-order valence-corrected chi connectivity index (χ0v) is 15.9. The summed E-state index contributed by atoms with van der Waals surface area (Å²) in [7, 11) is 0. The number of hydrogen-bond acceptors (Lipinski definition) is 6. The van der Waals surface area contributed by atoms with Gasteiger partial charge in [-0.1, -0.05) is 26.0 Å². The van der Waals surface area contributed by atoms with E-state index < -0.39 is 0 Å². The fourth-order valence-electron chi connectivity index (χ4n) is 2.84. The van der Waals surface area contributed by atoms with Crippen molar-refractivity contribution in [3.8, 4) is 0 Å². The summed E-state index contributed by atoms with van der Waals surface area (Å²) < 4.78 is 5.31. The molecular weight excluding hydrogens is 342 g/mol. The second-order valence-electron chi connectivity index (χ2n) is 6.91. The van der Waals surface area contributed by atoms with Crippen molar-refractivity contribution >= 4 is 17.5 Å². The molecule has 1 aromatic heterocycles. The van der Waals surface area contributed by atoms with Crippen molar-refractivity contribution in [3.05, 3.63) is 47.8 Å². The van der Waals surface area contributed by atoms with E-state index in [1.165, 1.54) is 5.56 Å². The molecule has 7 heteroatoms. The maximum atomic E-state index is 12.2. The van der Waals surface area contributed by atoms with Gasteiger partial charge in [0, 0.05) is 44.3 Å². The summed E-state index contributed by atoms with van der Waals surface area (Å²) in [5, 5.41) is 6.06. The number of aromatic nitrogens is 2. The van der Waals surface area contributed by atoms with Crippen molar-refractivity contribution in [2.24, 2.45) is 0 Å². The van der Waals surface area contributed by atoms with Crippen LogP contribution >= 0.6 is 0 Å². The molecule has 0 atom stereocenters. The van der Waals surface area contributed by atoms with Gasteiger partial charge in [-0.2, -0.15) is 0 Å². The number of ether oxygens (including phenoxy) is 1. The maximum Gasteiger partial charge on any atom is 0.254 e. The van der Waals surface area contributed by atoms with Gasteiger partial charge in [0.05, 0.1) is 18.8 Å². The van der Waals surface area contributed by atoms with Crippen LogP contribution in [0.4, 0.5) is 11.6 Å². The van der Waals surface area contributed by atoms with E-state index in [4.69, 9.17) is 4.74 Å². The molecule has 2 aromatic rings. The normalized spacial score (nSPS) is 14.9. The van der Waals surface area contributed by atoms with Gasteiger partial charge in [-0.05, 0) is 23.6 Å². The minimum absolute atomic E-state index is 0.156. The molecule has 144 valence electrons. The third kappa shape index (κ3) is 5.74. The summed E-state index contributed by atoms with van der Waals surface area (Å²) in [6, 6.07) is 8.18. The molecular formula is C20H27N5O2. The van der Waals surface area contributed by atoms with E-state index in [-0.39, 0.29) is 5.91 Å². The predicted molar refractivity (Wildman–Crippen MR) is 105 cm³/mol. The third-order valence-electron chi connectivity index (χ3n) is 4.56. The van der Waals surface area contributed by atoms with Gasteiger partial charge < -0.3 is 15.4 Å². The molecule has 7 nitrogen and oxygen atoms in total. The van der Waals surface area contributed by atoms with Gasteiger partial charge in [0.15, 0.2) is 0 Å². The predicted octanol–water partition coefficient (Wildman–Crippen LogP) is 2.41. The van der Waals surface area contributed by atoms with Gasteiger partial charge in [0.2, 0.25) is 5.95 Å². The van der Waals surface area contributed by atoms with Crippen LogP contribution in [0, 0.1) is 0 Å². The highest BCUT2D eigenvalue weighted by molar-refractivity contribution is 5.93. The molecule has 1 fully saturated rings. The Morgan fingerprint density at radius 2 is 1.81 bits per heavy atom. The number of benzene rings is 1. The molecule has 2 heterocycles. The Balaban J connectivity index is 1.48. The van der Waals surface area contributed by atoms with Gasteiger partial charge in [0.25, 0.3) is 5.91 Å². The van der Waals surface area contributed by atoms with Crippen LogP contribution in [0.2, 0.25) is 0 Å². The molecule has 0 spiro atoms. The number of rotatable bonds is 7. The molecule has 1 amide bonds. The zero-order valence-electron chi connectivity index (χ0n) is 15.9. The first-order chi connectivity index (χ1) is 13.1. The van der Waals surface area contributed by atoms with Crippen molar-refractivity contribution in [1.29, 1.82) is 0 Å². The van der Waals surface area contributed by atoms with Crippen LogP contribution in [-0.4, -0.2) is 60.2 Å². The molecule has 0 saturated carbocycles. The maximum absolute atomic E-state index is 12.2. The average molecular weight is 369 g/mol. The second-order valence-corrected chi connectivity index (χ2v) is 6.91. The largest absolute Gasteiger partial charge is 0.379 e. The van der Waals surface area contributed by atoms with Crippen LogP contribution in [0.1, 0.15) is 35.7 Å². The molecule has 1 saturated heterocycles. The van der Waals surface area contributed by atoms with E-state index in [1.54, 1.807) is 12.4 Å². The third-order valence-corrected chi connectivity index (χ3v) is 4.56. The van der Waals surface area contributed by atoms with Crippen LogP contribution < -0.4 is 10.6 Å². The first-order valence-electron chi connectivity index (χ1n) is 9.39. The number of amides is 1. The molecule has 0 unspecified atom stereocenters. The second kappa shape index (κ2) is 9.43. The van der Waals surface area contributed by atoms with E-state index in [9.17, 15) is 4.79 Å². The molecule has 0 aliphatic carbocycles. The lowest BCUT2D eigenvalue weighted by Gasteiger charge is -2.26. The van der Waals surface area contributed by atoms with E-state index in [1.807, 2.05) is 12.1 Å². The van der Waals surface area contributed by atoms with E-state index in [2.05, 4.69) is 51.5 Å². The van der Waals surface area contributed by atoms with Crippen LogP contribution in [0.5, 0.6) is 0 Å². The Kier molecular flexibility index (Phi) is 6.73. The summed E-state index contributed by atoms with van der Waals surface area (Å²) >= 11 is 0. The number of carbonyl (C=O) groups excluding carboxylic acids is 1. The minimum Gasteiger partial charge on any atom is -0.379 e. The van der Waals surface area contributed by atoms with Gasteiger partial charge in [-0.25, -0.2) is 9.97 Å². The van der Waals surface area contributed by atoms with E-state index in [0.717, 1.165) is 38.5 Å². The van der Waals surface area contributed by atoms with Crippen molar-refractivity contribution in [3.63, 3.8) is 0 Å². The topological polar surface area (TPSA) is 79.4 Å². The number of anilines is 2. The SMILES string of the molecule is CC(C)c1ccc(Nc2ncc(C(=O)NCCN3CCOCC3)cn2)cc1. The highest BCUT2D eigenvalue weighted by Crippen LogP contribution is 2.18. The van der Waals surface area contributed by atoms with Gasteiger partial charge >= 0.3 is 0 Å². The number of morpholine rings is 1. The Hall–Kier alpha value is -2.51. The first-order valence-corrected chi connectivity index (χ1v) is 9.39. The van der Waals surface area contributed by atoms with Crippen molar-refractivity contribution in [2.45, 2.75) is 19.8 Å². The highest BCUT2D eigenvalue weighted by atomic mass is 16.5. The number of nitrogens with one attached hydrogen (secondary N) is 2. The van der Waals surface area contributed by atoms with Gasteiger partial charge in [0.1, 0.15) is 0 Å². The Bertz CT molecular complexity index is 725. The quantitative estimate of drug-likeness (QED) is 0.780. The molecule has 1 aliphatic heterocycles. The monoisotopic (exact) mass is 369 g/mol. The highest BCUT2D eigenvalue weighted by Gasteiger charge is 2.11. The molecule has 1 aromatic carbocycles. The van der Waals surface area contributed by atoms with E-state index >= 15 is 0 Å². The molecule has 3 rings (SSSR count). The average Bonchev–Trinajstić information content (AvgIpc) is 2.70. The summed E-state index contributed by atoms with van der Waals surface area (Å²) in [6.07, 6.45) is 3.09. The summed E-state index contributed by atoms with van der Waals surface area (Å²) in [4.78, 5) is 23.0. The van der Waals surface area contributed by atoms with Gasteiger partial charge in [-0.15, -0.1) is 0 Å². The standard InChI is InChI=1S/C20H27N5O2/c1-15(2)16-3-5-18(6-4-16)24-20-22-13-17(14-23-20)19(26)21-7-8-25-9-11-27-12-10-25/h3-6,13-15H,7-12H2,1-2H3,(H,21,26)(H,22,23,24). The fourth-order valence-corrected chi connectivity index (χ4v) is 2.84. The molecule has 2 N–H and O–H groups in total. The molecule has 1 aliphatic rings. The number of carbonyl (C=O) groups is 1. The number of nitrogens with zero attached hydrogens (tertiary/aromatic N) is 3. The molecule has 0 bridgehead atoms. The number of hydrogen-bond donors (Lipinski definition) is 2. The minimum atomic E-state index is -0.156. The Morgan fingerprint density at radius 1 is 1.15 bits per heavy atom. The first kappa shape index (κ1) is 19.3. The Labute approximate surface area is 160 Å². The lowest BCUT2D eigenvalue weighted by molar-refractivity contribution is 0.0383. The zero-order chi connectivity index (χ0) is 19.1.